The predicted octanol–water partition coefficient (Wildman–Crippen LogP) is 8.12. The summed E-state index contributed by atoms with van der Waals surface area (Å²) < 4.78 is 0. The summed E-state index contributed by atoms with van der Waals surface area (Å²) in [6, 6.07) is 25.7. The number of rotatable bonds is 5. The van der Waals surface area contributed by atoms with E-state index in [0.717, 1.165) is 15.6 Å². The fraction of sp³-hybridized carbons (Fsp3) is 0. The van der Waals surface area contributed by atoms with Crippen molar-refractivity contribution in [1.29, 1.82) is 0 Å². The molecule has 0 spiro atoms. The first-order chi connectivity index (χ1) is 12.7. The third kappa shape index (κ3) is 5.96. The molecule has 3 aromatic carbocycles. The molecule has 0 aliphatic carbocycles. The molecule has 1 nitrogen and oxygen atoms in total. The van der Waals surface area contributed by atoms with Crippen LogP contribution in [0.3, 0.4) is 0 Å². The normalized spacial score (nSPS) is 11.8. The molecule has 0 heterocycles. The molecule has 0 aromatic heterocycles. The monoisotopic (exact) mass is 415 g/mol. The van der Waals surface area contributed by atoms with Crippen LogP contribution in [-0.2, 0) is 0 Å². The van der Waals surface area contributed by atoms with Crippen LogP contribution in [0.2, 0.25) is 10.0 Å². The van der Waals surface area contributed by atoms with Gasteiger partial charge in [0.05, 0.1) is 15.7 Å². The number of para-hydroxylation sites is 1. The fourth-order valence-electron chi connectivity index (χ4n) is 2.05. The second kappa shape index (κ2) is 9.89. The van der Waals surface area contributed by atoms with Gasteiger partial charge in [-0.05, 0) is 53.9 Å². The Labute approximate surface area is 172 Å². The van der Waals surface area contributed by atoms with Crippen LogP contribution in [-0.4, -0.2) is 5.04 Å². The second-order valence-electron chi connectivity index (χ2n) is 5.20. The minimum absolute atomic E-state index is 0.540. The van der Waals surface area contributed by atoms with Crippen molar-refractivity contribution in [3.8, 4) is 0 Å². The number of thioether (sulfide) groups is 2. The highest BCUT2D eigenvalue weighted by molar-refractivity contribution is 8.14. The molecule has 0 bridgehead atoms. The van der Waals surface area contributed by atoms with Gasteiger partial charge in [0.2, 0.25) is 0 Å². The quantitative estimate of drug-likeness (QED) is 0.237. The Bertz CT molecular complexity index is 910. The Kier molecular flexibility index (Phi) is 7.27. The molecule has 5 heteroatoms. The van der Waals surface area contributed by atoms with Crippen LogP contribution < -0.4 is 0 Å². The number of nitrogens with zero attached hydrogens (tertiary/aromatic N) is 1. The van der Waals surface area contributed by atoms with Gasteiger partial charge in [0.25, 0.3) is 0 Å². The lowest BCUT2D eigenvalue weighted by molar-refractivity contribution is 1.47. The first-order valence-corrected chi connectivity index (χ1v) is 10.3. The van der Waals surface area contributed by atoms with Crippen molar-refractivity contribution < 1.29 is 0 Å². The lowest BCUT2D eigenvalue weighted by atomic mass is 10.3. The number of benzene rings is 3. The van der Waals surface area contributed by atoms with Gasteiger partial charge in [-0.1, -0.05) is 83.1 Å². The van der Waals surface area contributed by atoms with Crippen LogP contribution in [0.1, 0.15) is 0 Å². The average molecular weight is 416 g/mol. The Morgan fingerprint density at radius 2 is 1.46 bits per heavy atom. The summed E-state index contributed by atoms with van der Waals surface area (Å²) in [4.78, 5) is 6.91. The Morgan fingerprint density at radius 1 is 0.769 bits per heavy atom. The lowest BCUT2D eigenvalue weighted by Crippen LogP contribution is -1.86. The Balaban J connectivity index is 1.81. The molecule has 0 saturated carbocycles. The summed E-state index contributed by atoms with van der Waals surface area (Å²) in [5.74, 6) is 0. The SMILES string of the molecule is Clc1ccc(SC(C=CSc2ccccc2)=Nc2ccccc2)cc1Cl. The van der Waals surface area contributed by atoms with Crippen molar-refractivity contribution in [1.82, 2.24) is 0 Å². The first kappa shape index (κ1) is 19.1. The summed E-state index contributed by atoms with van der Waals surface area (Å²) in [6.07, 6.45) is 2.01. The highest BCUT2D eigenvalue weighted by Crippen LogP contribution is 2.30. The molecule has 3 aromatic rings. The van der Waals surface area contributed by atoms with Crippen LogP contribution in [0.5, 0.6) is 0 Å². The van der Waals surface area contributed by atoms with Gasteiger partial charge in [0.1, 0.15) is 5.04 Å². The molecule has 0 atom stereocenters. The van der Waals surface area contributed by atoms with E-state index in [0.29, 0.717) is 10.0 Å². The zero-order valence-electron chi connectivity index (χ0n) is 13.7. The molecular formula is C21H15Cl2NS2. The van der Waals surface area contributed by atoms with Gasteiger partial charge in [-0.2, -0.15) is 0 Å². The zero-order valence-corrected chi connectivity index (χ0v) is 16.8. The van der Waals surface area contributed by atoms with E-state index in [9.17, 15) is 0 Å². The van der Waals surface area contributed by atoms with Crippen molar-refractivity contribution in [3.63, 3.8) is 0 Å². The van der Waals surface area contributed by atoms with Gasteiger partial charge in [0, 0.05) is 9.79 Å². The van der Waals surface area contributed by atoms with Crippen LogP contribution in [0.25, 0.3) is 0 Å². The topological polar surface area (TPSA) is 12.4 Å². The molecule has 130 valence electrons. The summed E-state index contributed by atoms with van der Waals surface area (Å²) in [6.45, 7) is 0. The van der Waals surface area contributed by atoms with Crippen LogP contribution in [0.15, 0.2) is 105 Å². The third-order valence-corrected chi connectivity index (χ3v) is 5.75. The van der Waals surface area contributed by atoms with E-state index in [1.165, 1.54) is 4.90 Å². The van der Waals surface area contributed by atoms with Gasteiger partial charge < -0.3 is 0 Å². The van der Waals surface area contributed by atoms with Crippen LogP contribution in [0, 0.1) is 0 Å². The van der Waals surface area contributed by atoms with E-state index in [1.54, 1.807) is 29.6 Å². The average Bonchev–Trinajstić information content (AvgIpc) is 2.66. The largest absolute Gasteiger partial charge is 0.242 e. The zero-order chi connectivity index (χ0) is 18.2. The summed E-state index contributed by atoms with van der Waals surface area (Å²) >= 11 is 15.3. The van der Waals surface area contributed by atoms with Crippen molar-refractivity contribution in [2.75, 3.05) is 0 Å². The first-order valence-electron chi connectivity index (χ1n) is 7.85. The highest BCUT2D eigenvalue weighted by atomic mass is 35.5. The molecule has 3 rings (SSSR count). The smallest absolute Gasteiger partial charge is 0.102 e. The van der Waals surface area contributed by atoms with Gasteiger partial charge in [-0.25, -0.2) is 4.99 Å². The third-order valence-electron chi connectivity index (χ3n) is 3.27. The highest BCUT2D eigenvalue weighted by Gasteiger charge is 2.04. The van der Waals surface area contributed by atoms with Crippen LogP contribution in [0.4, 0.5) is 5.69 Å². The Hall–Kier alpha value is -1.65. The van der Waals surface area contributed by atoms with Crippen molar-refractivity contribution in [3.05, 3.63) is 100 Å². The summed E-state index contributed by atoms with van der Waals surface area (Å²) in [5, 5.41) is 4.01. The van der Waals surface area contributed by atoms with E-state index < -0.39 is 0 Å². The number of halogens is 2. The molecule has 0 aliphatic heterocycles. The maximum Gasteiger partial charge on any atom is 0.102 e. The molecule has 0 N–H and O–H groups in total. The molecular weight excluding hydrogens is 401 g/mol. The van der Waals surface area contributed by atoms with E-state index in [4.69, 9.17) is 28.2 Å². The lowest BCUT2D eigenvalue weighted by Gasteiger charge is -2.04. The minimum Gasteiger partial charge on any atom is -0.242 e. The standard InChI is InChI=1S/C21H15Cl2NS2/c22-19-12-11-18(15-20(19)23)26-21(24-16-7-3-1-4-8-16)13-14-25-17-9-5-2-6-10-17/h1-15H. The van der Waals surface area contributed by atoms with Gasteiger partial charge in [0.15, 0.2) is 0 Å². The number of aliphatic imine (C=N–C) groups is 1. The van der Waals surface area contributed by atoms with Crippen molar-refractivity contribution in [2.45, 2.75) is 9.79 Å². The maximum atomic E-state index is 6.13. The second-order valence-corrected chi connectivity index (χ2v) is 8.08. The number of hydrogen-bond donors (Lipinski definition) is 0. The summed E-state index contributed by atoms with van der Waals surface area (Å²) in [7, 11) is 0. The molecule has 0 amide bonds. The molecule has 0 radical (unpaired) electrons. The Morgan fingerprint density at radius 3 is 2.15 bits per heavy atom. The minimum atomic E-state index is 0.540. The predicted molar refractivity (Wildman–Crippen MR) is 117 cm³/mol. The van der Waals surface area contributed by atoms with E-state index in [2.05, 4.69) is 12.1 Å². The van der Waals surface area contributed by atoms with Crippen molar-refractivity contribution >= 4 is 57.5 Å². The van der Waals surface area contributed by atoms with Gasteiger partial charge >= 0.3 is 0 Å². The molecule has 0 saturated heterocycles. The molecule has 0 unspecified atom stereocenters. The molecule has 0 fully saturated rings. The molecule has 0 aliphatic rings. The van der Waals surface area contributed by atoms with Gasteiger partial charge in [-0.3, -0.25) is 0 Å². The fourth-order valence-corrected chi connectivity index (χ4v) is 4.01. The molecule has 26 heavy (non-hydrogen) atoms. The van der Waals surface area contributed by atoms with E-state index in [-0.39, 0.29) is 0 Å². The van der Waals surface area contributed by atoms with E-state index >= 15 is 0 Å². The number of hydrogen-bond acceptors (Lipinski definition) is 3. The maximum absolute atomic E-state index is 6.13. The van der Waals surface area contributed by atoms with Crippen molar-refractivity contribution in [2.24, 2.45) is 4.99 Å². The van der Waals surface area contributed by atoms with Crippen LogP contribution >= 0.6 is 46.7 Å². The van der Waals surface area contributed by atoms with E-state index in [1.807, 2.05) is 72.1 Å². The van der Waals surface area contributed by atoms with Gasteiger partial charge in [-0.15, -0.1) is 0 Å². The summed E-state index contributed by atoms with van der Waals surface area (Å²) in [5.41, 5.74) is 0.907.